The Morgan fingerprint density at radius 2 is 1.84 bits per heavy atom. The number of benzene rings is 2. The highest BCUT2D eigenvalue weighted by Gasteiger charge is 2.31. The van der Waals surface area contributed by atoms with Gasteiger partial charge in [0.2, 0.25) is 5.91 Å². The standard InChI is InChI=1S/C23H21N5O2S/c29-20(15-6-2-1-3-7-15)13-25-21(30)14-31-23-27-26-22(28(23)16-10-11-16)18-12-24-19-9-5-4-8-17(18)19/h1-9,12,16,24H,10-11,13-14H2,(H,25,30). The van der Waals surface area contributed by atoms with Crippen LogP contribution in [0.25, 0.3) is 22.3 Å². The number of thioether (sulfide) groups is 1. The highest BCUT2D eigenvalue weighted by Crippen LogP contribution is 2.42. The Bertz CT molecular complexity index is 1240. The topological polar surface area (TPSA) is 92.7 Å². The number of para-hydroxylation sites is 1. The lowest BCUT2D eigenvalue weighted by Gasteiger charge is -2.08. The van der Waals surface area contributed by atoms with Crippen LogP contribution in [-0.4, -0.2) is 43.7 Å². The van der Waals surface area contributed by atoms with Crippen LogP contribution in [0.5, 0.6) is 0 Å². The molecular formula is C23H21N5O2S. The molecule has 1 aliphatic rings. The van der Waals surface area contributed by atoms with Crippen LogP contribution >= 0.6 is 11.8 Å². The molecule has 1 aliphatic carbocycles. The van der Waals surface area contributed by atoms with E-state index in [4.69, 9.17) is 0 Å². The van der Waals surface area contributed by atoms with Gasteiger partial charge in [0.25, 0.3) is 0 Å². The number of hydrogen-bond acceptors (Lipinski definition) is 5. The van der Waals surface area contributed by atoms with Gasteiger partial charge in [-0.1, -0.05) is 60.3 Å². The number of rotatable bonds is 8. The van der Waals surface area contributed by atoms with Gasteiger partial charge in [0.1, 0.15) is 0 Å². The van der Waals surface area contributed by atoms with Gasteiger partial charge in [0.15, 0.2) is 16.8 Å². The first-order valence-electron chi connectivity index (χ1n) is 10.2. The van der Waals surface area contributed by atoms with Gasteiger partial charge in [-0.25, -0.2) is 0 Å². The maximum atomic E-state index is 12.3. The molecule has 2 N–H and O–H groups in total. The van der Waals surface area contributed by atoms with E-state index in [1.54, 1.807) is 24.3 Å². The molecule has 1 fully saturated rings. The van der Waals surface area contributed by atoms with E-state index in [9.17, 15) is 9.59 Å². The average molecular weight is 432 g/mol. The monoisotopic (exact) mass is 431 g/mol. The van der Waals surface area contributed by atoms with Crippen LogP contribution in [0, 0.1) is 0 Å². The molecule has 0 unspecified atom stereocenters. The zero-order chi connectivity index (χ0) is 21.2. The van der Waals surface area contributed by atoms with Crippen molar-refractivity contribution in [3.05, 3.63) is 66.4 Å². The second-order valence-electron chi connectivity index (χ2n) is 7.51. The van der Waals surface area contributed by atoms with Gasteiger partial charge in [0.05, 0.1) is 12.3 Å². The van der Waals surface area contributed by atoms with Crippen molar-refractivity contribution in [3.8, 4) is 11.4 Å². The van der Waals surface area contributed by atoms with E-state index in [0.29, 0.717) is 11.6 Å². The number of amides is 1. The number of nitrogens with one attached hydrogen (secondary N) is 2. The summed E-state index contributed by atoms with van der Waals surface area (Å²) in [5.41, 5.74) is 2.66. The van der Waals surface area contributed by atoms with E-state index in [-0.39, 0.29) is 24.0 Å². The summed E-state index contributed by atoms with van der Waals surface area (Å²) in [7, 11) is 0. The minimum absolute atomic E-state index is 0.0146. The third-order valence-corrected chi connectivity index (χ3v) is 6.22. The van der Waals surface area contributed by atoms with Crippen LogP contribution < -0.4 is 5.32 Å². The summed E-state index contributed by atoms with van der Waals surface area (Å²) in [4.78, 5) is 27.8. The van der Waals surface area contributed by atoms with Gasteiger partial charge in [-0.3, -0.25) is 14.2 Å². The predicted octanol–water partition coefficient (Wildman–Crippen LogP) is 3.85. The lowest BCUT2D eigenvalue weighted by molar-refractivity contribution is -0.118. The van der Waals surface area contributed by atoms with Crippen molar-refractivity contribution in [2.75, 3.05) is 12.3 Å². The van der Waals surface area contributed by atoms with Gasteiger partial charge in [-0.05, 0) is 18.9 Å². The summed E-state index contributed by atoms with van der Waals surface area (Å²) in [6.07, 6.45) is 4.13. The number of carbonyl (C=O) groups is 2. The first kappa shape index (κ1) is 19.6. The molecule has 5 rings (SSSR count). The Kier molecular flexibility index (Phi) is 5.30. The fourth-order valence-corrected chi connectivity index (χ4v) is 4.40. The SMILES string of the molecule is O=C(CSc1nnc(-c2c[nH]c3ccccc23)n1C1CC1)NCC(=O)c1ccccc1. The predicted molar refractivity (Wildman–Crippen MR) is 120 cm³/mol. The Morgan fingerprint density at radius 3 is 2.65 bits per heavy atom. The van der Waals surface area contributed by atoms with Crippen molar-refractivity contribution >= 4 is 34.4 Å². The van der Waals surface area contributed by atoms with Crippen LogP contribution in [0.4, 0.5) is 0 Å². The van der Waals surface area contributed by atoms with Gasteiger partial charge in [-0.15, -0.1) is 10.2 Å². The van der Waals surface area contributed by atoms with Crippen molar-refractivity contribution in [1.29, 1.82) is 0 Å². The Morgan fingerprint density at radius 1 is 1.06 bits per heavy atom. The molecule has 4 aromatic rings. The van der Waals surface area contributed by atoms with Crippen molar-refractivity contribution in [2.24, 2.45) is 0 Å². The molecule has 1 saturated carbocycles. The van der Waals surface area contributed by atoms with Crippen molar-refractivity contribution in [3.63, 3.8) is 0 Å². The molecule has 0 saturated heterocycles. The highest BCUT2D eigenvalue weighted by molar-refractivity contribution is 7.99. The summed E-state index contributed by atoms with van der Waals surface area (Å²) < 4.78 is 2.14. The van der Waals surface area contributed by atoms with E-state index >= 15 is 0 Å². The summed E-state index contributed by atoms with van der Waals surface area (Å²) >= 11 is 1.35. The highest BCUT2D eigenvalue weighted by atomic mass is 32.2. The molecule has 2 aromatic heterocycles. The lowest BCUT2D eigenvalue weighted by Crippen LogP contribution is -2.30. The number of fused-ring (bicyclic) bond motifs is 1. The molecule has 0 bridgehead atoms. The summed E-state index contributed by atoms with van der Waals surface area (Å²) in [5, 5.41) is 13.4. The molecule has 0 spiro atoms. The minimum atomic E-state index is -0.201. The lowest BCUT2D eigenvalue weighted by atomic mass is 10.1. The van der Waals surface area contributed by atoms with Crippen molar-refractivity contribution in [2.45, 2.75) is 24.0 Å². The van der Waals surface area contributed by atoms with Crippen LogP contribution in [0.3, 0.4) is 0 Å². The molecule has 156 valence electrons. The normalized spacial score (nSPS) is 13.4. The average Bonchev–Trinajstić information content (AvgIpc) is 3.42. The first-order chi connectivity index (χ1) is 15.2. The van der Waals surface area contributed by atoms with Crippen LogP contribution in [0.2, 0.25) is 0 Å². The first-order valence-corrected chi connectivity index (χ1v) is 11.2. The molecule has 8 heteroatoms. The largest absolute Gasteiger partial charge is 0.360 e. The Hall–Kier alpha value is -3.39. The van der Waals surface area contributed by atoms with Gasteiger partial charge < -0.3 is 10.3 Å². The molecule has 7 nitrogen and oxygen atoms in total. The number of carbonyl (C=O) groups excluding carboxylic acids is 2. The second-order valence-corrected chi connectivity index (χ2v) is 8.45. The quantitative estimate of drug-likeness (QED) is 0.327. The fraction of sp³-hybridized carbons (Fsp3) is 0.217. The van der Waals surface area contributed by atoms with E-state index < -0.39 is 0 Å². The number of Topliss-reactive ketones (excluding diaryl/α,β-unsaturated/α-hetero) is 1. The maximum absolute atomic E-state index is 12.3. The number of ketones is 1. The second kappa shape index (κ2) is 8.39. The Balaban J connectivity index is 1.27. The van der Waals surface area contributed by atoms with E-state index in [1.165, 1.54) is 11.8 Å². The van der Waals surface area contributed by atoms with Crippen LogP contribution in [0.15, 0.2) is 66.0 Å². The number of aromatic amines is 1. The third kappa shape index (κ3) is 4.11. The van der Waals surface area contributed by atoms with Gasteiger partial charge in [-0.2, -0.15) is 0 Å². The molecule has 31 heavy (non-hydrogen) atoms. The van der Waals surface area contributed by atoms with Gasteiger partial charge >= 0.3 is 0 Å². The van der Waals surface area contributed by atoms with Crippen molar-refractivity contribution in [1.82, 2.24) is 25.1 Å². The summed E-state index contributed by atoms with van der Waals surface area (Å²) in [6.45, 7) is -0.0146. The number of nitrogens with zero attached hydrogens (tertiary/aromatic N) is 3. The molecular weight excluding hydrogens is 410 g/mol. The van der Waals surface area contributed by atoms with E-state index in [0.717, 1.165) is 40.3 Å². The molecule has 1 amide bonds. The number of aromatic nitrogens is 4. The molecule has 0 atom stereocenters. The zero-order valence-corrected chi connectivity index (χ0v) is 17.6. The summed E-state index contributed by atoms with van der Waals surface area (Å²) in [6, 6.07) is 17.4. The van der Waals surface area contributed by atoms with Crippen LogP contribution in [0.1, 0.15) is 29.2 Å². The van der Waals surface area contributed by atoms with Gasteiger partial charge in [0, 0.05) is 34.3 Å². The zero-order valence-electron chi connectivity index (χ0n) is 16.7. The number of hydrogen-bond donors (Lipinski definition) is 2. The number of H-pyrrole nitrogens is 1. The maximum Gasteiger partial charge on any atom is 0.230 e. The smallest absolute Gasteiger partial charge is 0.230 e. The molecule has 0 aliphatic heterocycles. The molecule has 0 radical (unpaired) electrons. The summed E-state index contributed by atoms with van der Waals surface area (Å²) in [5.74, 6) is 0.693. The van der Waals surface area contributed by atoms with Crippen molar-refractivity contribution < 1.29 is 9.59 Å². The Labute approximate surface area is 183 Å². The minimum Gasteiger partial charge on any atom is -0.360 e. The van der Waals surface area contributed by atoms with Crippen LogP contribution in [-0.2, 0) is 4.79 Å². The third-order valence-electron chi connectivity index (χ3n) is 5.28. The van der Waals surface area contributed by atoms with E-state index in [1.807, 2.05) is 30.5 Å². The fourth-order valence-electron chi connectivity index (χ4n) is 3.56. The van der Waals surface area contributed by atoms with E-state index in [2.05, 4.69) is 31.1 Å². The molecule has 2 aromatic carbocycles. The molecule has 2 heterocycles.